The van der Waals surface area contributed by atoms with Crippen molar-refractivity contribution in [1.82, 2.24) is 0 Å². The summed E-state index contributed by atoms with van der Waals surface area (Å²) < 4.78 is 0. The van der Waals surface area contributed by atoms with Crippen LogP contribution < -0.4 is 0 Å². The van der Waals surface area contributed by atoms with Gasteiger partial charge in [-0.1, -0.05) is 30.3 Å². The molecule has 0 fully saturated rings. The van der Waals surface area contributed by atoms with Gasteiger partial charge in [-0.05, 0) is 12.1 Å². The molecule has 0 N–H and O–H groups in total. The first-order valence-electron chi connectivity index (χ1n) is 5.48. The zero-order valence-electron chi connectivity index (χ0n) is 10.2. The number of hydrogen-bond donors (Lipinski definition) is 0. The summed E-state index contributed by atoms with van der Waals surface area (Å²) in [4.78, 5) is 33.7. The minimum Gasteiger partial charge on any atom is -0.285 e. The van der Waals surface area contributed by atoms with Crippen LogP contribution in [-0.4, -0.2) is 16.5 Å². The van der Waals surface area contributed by atoms with Crippen LogP contribution in [0.25, 0.3) is 0 Å². The van der Waals surface area contributed by atoms with E-state index in [1.807, 2.05) is 0 Å². The van der Waals surface area contributed by atoms with Gasteiger partial charge in [-0.15, -0.1) is 17.0 Å². The highest BCUT2D eigenvalue weighted by Gasteiger charge is 2.18. The molecular weight excluding hydrogens is 326 g/mol. The Labute approximate surface area is 125 Å². The lowest BCUT2D eigenvalue weighted by atomic mass is 10.0. The summed E-state index contributed by atoms with van der Waals surface area (Å²) in [6, 6.07) is 13.1. The number of halogens is 1. The third kappa shape index (κ3) is 3.36. The Bertz CT molecular complexity index is 638. The van der Waals surface area contributed by atoms with Crippen LogP contribution in [0.5, 0.6) is 0 Å². The van der Waals surface area contributed by atoms with E-state index in [9.17, 15) is 19.7 Å². The van der Waals surface area contributed by atoms with Gasteiger partial charge in [0.25, 0.3) is 5.69 Å². The number of carbonyl (C=O) groups excluding carboxylic acids is 2. The summed E-state index contributed by atoms with van der Waals surface area (Å²) in [6.07, 6.45) is 0. The van der Waals surface area contributed by atoms with Gasteiger partial charge in [0.05, 0.1) is 4.92 Å². The van der Waals surface area contributed by atoms with Crippen LogP contribution >= 0.6 is 17.0 Å². The maximum Gasteiger partial charge on any atom is 0.269 e. The summed E-state index contributed by atoms with van der Waals surface area (Å²) in [5.41, 5.74) is 0.314. The standard InChI is InChI=1S/C14H9NO4.BrH/c16-13(10-4-2-1-3-5-10)14(17)11-6-8-12(9-7-11)15(18)19;/h1-9H;1H. The van der Waals surface area contributed by atoms with E-state index in [-0.39, 0.29) is 28.2 Å². The second kappa shape index (κ2) is 6.72. The van der Waals surface area contributed by atoms with Gasteiger partial charge in [0.2, 0.25) is 11.6 Å². The van der Waals surface area contributed by atoms with Crippen LogP contribution in [0.3, 0.4) is 0 Å². The van der Waals surface area contributed by atoms with Crippen molar-refractivity contribution in [1.29, 1.82) is 0 Å². The fourth-order valence-corrected chi connectivity index (χ4v) is 1.59. The Morgan fingerprint density at radius 2 is 1.25 bits per heavy atom. The number of nitrogens with zero attached hydrogens (tertiary/aromatic N) is 1. The van der Waals surface area contributed by atoms with Crippen molar-refractivity contribution in [2.45, 2.75) is 0 Å². The number of rotatable bonds is 4. The molecule has 0 spiro atoms. The highest BCUT2D eigenvalue weighted by Crippen LogP contribution is 2.14. The van der Waals surface area contributed by atoms with E-state index in [0.29, 0.717) is 5.56 Å². The van der Waals surface area contributed by atoms with Gasteiger partial charge in [0, 0.05) is 23.3 Å². The zero-order chi connectivity index (χ0) is 13.8. The fourth-order valence-electron chi connectivity index (χ4n) is 1.59. The Morgan fingerprint density at radius 1 is 0.800 bits per heavy atom. The molecule has 0 saturated carbocycles. The topological polar surface area (TPSA) is 77.3 Å². The van der Waals surface area contributed by atoms with Crippen LogP contribution in [-0.2, 0) is 0 Å². The molecule has 0 unspecified atom stereocenters. The maximum atomic E-state index is 11.9. The van der Waals surface area contributed by atoms with Crippen LogP contribution in [0.1, 0.15) is 20.7 Å². The number of carbonyl (C=O) groups is 2. The normalized spacial score (nSPS) is 9.40. The maximum absolute atomic E-state index is 11.9. The van der Waals surface area contributed by atoms with Gasteiger partial charge < -0.3 is 0 Å². The molecule has 5 nitrogen and oxygen atoms in total. The van der Waals surface area contributed by atoms with E-state index in [1.165, 1.54) is 24.3 Å². The lowest BCUT2D eigenvalue weighted by Crippen LogP contribution is -2.14. The molecular formula is C14H10BrNO4. The Hall–Kier alpha value is -2.34. The molecule has 2 aromatic rings. The number of nitro groups is 1. The number of ketones is 2. The van der Waals surface area contributed by atoms with Gasteiger partial charge in [0.15, 0.2) is 0 Å². The van der Waals surface area contributed by atoms with Gasteiger partial charge in [-0.25, -0.2) is 0 Å². The molecule has 0 aliphatic rings. The minimum absolute atomic E-state index is 0. The molecule has 2 aromatic carbocycles. The van der Waals surface area contributed by atoms with Gasteiger partial charge in [-0.3, -0.25) is 19.7 Å². The first-order valence-corrected chi connectivity index (χ1v) is 5.48. The highest BCUT2D eigenvalue weighted by molar-refractivity contribution is 8.93. The van der Waals surface area contributed by atoms with Crippen LogP contribution in [0.15, 0.2) is 54.6 Å². The molecule has 0 atom stereocenters. The average Bonchev–Trinajstić information content (AvgIpc) is 2.46. The molecule has 0 amide bonds. The molecule has 6 heteroatoms. The molecule has 0 aromatic heterocycles. The van der Waals surface area contributed by atoms with Crippen molar-refractivity contribution in [3.8, 4) is 0 Å². The zero-order valence-corrected chi connectivity index (χ0v) is 11.9. The molecule has 0 saturated heterocycles. The summed E-state index contributed by atoms with van der Waals surface area (Å²) in [5, 5.41) is 10.5. The SMILES string of the molecule is Br.O=C(C(=O)c1ccc([N+](=O)[O-])cc1)c1ccccc1. The summed E-state index contributed by atoms with van der Waals surface area (Å²) in [6.45, 7) is 0. The molecule has 20 heavy (non-hydrogen) atoms. The van der Waals surface area contributed by atoms with E-state index in [0.717, 1.165) is 0 Å². The molecule has 2 rings (SSSR count). The number of nitro benzene ring substituents is 1. The Morgan fingerprint density at radius 3 is 1.70 bits per heavy atom. The monoisotopic (exact) mass is 335 g/mol. The quantitative estimate of drug-likeness (QED) is 0.372. The number of Topliss-reactive ketones (excluding diaryl/α,β-unsaturated/α-hetero) is 2. The van der Waals surface area contributed by atoms with E-state index in [4.69, 9.17) is 0 Å². The average molecular weight is 336 g/mol. The first kappa shape index (κ1) is 15.7. The molecule has 102 valence electrons. The van der Waals surface area contributed by atoms with Crippen molar-refractivity contribution in [2.24, 2.45) is 0 Å². The van der Waals surface area contributed by atoms with Crippen molar-refractivity contribution < 1.29 is 14.5 Å². The number of benzene rings is 2. The lowest BCUT2D eigenvalue weighted by molar-refractivity contribution is -0.384. The highest BCUT2D eigenvalue weighted by atomic mass is 79.9. The van der Waals surface area contributed by atoms with Gasteiger partial charge in [-0.2, -0.15) is 0 Å². The smallest absolute Gasteiger partial charge is 0.269 e. The minimum atomic E-state index is -0.680. The fraction of sp³-hybridized carbons (Fsp3) is 0. The van der Waals surface area contributed by atoms with Crippen LogP contribution in [0, 0.1) is 10.1 Å². The molecule has 0 aliphatic heterocycles. The van der Waals surface area contributed by atoms with Crippen LogP contribution in [0.2, 0.25) is 0 Å². The number of non-ortho nitro benzene ring substituents is 1. The van der Waals surface area contributed by atoms with Crippen molar-refractivity contribution in [3.05, 3.63) is 75.8 Å². The second-order valence-corrected chi connectivity index (χ2v) is 3.83. The third-order valence-electron chi connectivity index (χ3n) is 2.58. The van der Waals surface area contributed by atoms with Crippen molar-refractivity contribution >= 4 is 34.2 Å². The van der Waals surface area contributed by atoms with E-state index >= 15 is 0 Å². The second-order valence-electron chi connectivity index (χ2n) is 3.83. The predicted octanol–water partition coefficient (Wildman–Crippen LogP) is 3.24. The molecule has 0 heterocycles. The summed E-state index contributed by atoms with van der Waals surface area (Å²) in [7, 11) is 0. The lowest BCUT2D eigenvalue weighted by Gasteiger charge is -2.00. The largest absolute Gasteiger partial charge is 0.285 e. The number of hydrogen-bond acceptors (Lipinski definition) is 4. The van der Waals surface area contributed by atoms with Crippen molar-refractivity contribution in [3.63, 3.8) is 0 Å². The van der Waals surface area contributed by atoms with E-state index in [1.54, 1.807) is 30.3 Å². The third-order valence-corrected chi connectivity index (χ3v) is 2.58. The summed E-state index contributed by atoms with van der Waals surface area (Å²) in [5.74, 6) is -1.31. The Balaban J connectivity index is 0.00000200. The predicted molar refractivity (Wildman–Crippen MR) is 78.5 cm³/mol. The summed E-state index contributed by atoms with van der Waals surface area (Å²) >= 11 is 0. The molecule has 0 bridgehead atoms. The molecule has 0 radical (unpaired) electrons. The molecule has 0 aliphatic carbocycles. The van der Waals surface area contributed by atoms with Crippen molar-refractivity contribution in [2.75, 3.05) is 0 Å². The van der Waals surface area contributed by atoms with E-state index < -0.39 is 16.5 Å². The Kier molecular flexibility index (Phi) is 5.28. The van der Waals surface area contributed by atoms with Crippen LogP contribution in [0.4, 0.5) is 5.69 Å². The first-order chi connectivity index (χ1) is 9.09. The van der Waals surface area contributed by atoms with Gasteiger partial charge in [0.1, 0.15) is 0 Å². The van der Waals surface area contributed by atoms with E-state index in [2.05, 4.69) is 0 Å². The van der Waals surface area contributed by atoms with Gasteiger partial charge >= 0.3 is 0 Å².